The van der Waals surface area contributed by atoms with Crippen LogP contribution in [0.15, 0.2) is 24.5 Å². The van der Waals surface area contributed by atoms with Gasteiger partial charge in [-0.1, -0.05) is 0 Å². The van der Waals surface area contributed by atoms with Crippen LogP contribution in [0.2, 0.25) is 0 Å². The van der Waals surface area contributed by atoms with Crippen LogP contribution >= 0.6 is 0 Å². The molecular weight excluding hydrogens is 286 g/mol. The van der Waals surface area contributed by atoms with Crippen molar-refractivity contribution in [3.05, 3.63) is 35.9 Å². The van der Waals surface area contributed by atoms with Crippen LogP contribution in [-0.4, -0.2) is 48.5 Å². The van der Waals surface area contributed by atoms with Crippen molar-refractivity contribution in [1.82, 2.24) is 24.5 Å². The molecule has 0 aliphatic rings. The lowest BCUT2D eigenvalue weighted by atomic mass is 10.3. The fourth-order valence-corrected chi connectivity index (χ4v) is 2.20. The molecule has 2 aromatic rings. The number of amides is 1. The van der Waals surface area contributed by atoms with Crippen LogP contribution in [0.25, 0.3) is 0 Å². The van der Waals surface area contributed by atoms with Crippen LogP contribution in [0, 0.1) is 0 Å². The number of aromatic nitrogens is 4. The molecule has 0 aromatic carbocycles. The Bertz CT molecular complexity index is 661. The lowest BCUT2D eigenvalue weighted by molar-refractivity contribution is -0.130. The molecule has 2 aromatic heterocycles. The van der Waals surface area contributed by atoms with Crippen molar-refractivity contribution in [2.24, 2.45) is 0 Å². The Balaban J connectivity index is 1.91. The number of carbonyl (C=O) groups excluding carboxylic acids is 1. The summed E-state index contributed by atoms with van der Waals surface area (Å²) in [5.74, 6) is -1.12. The Morgan fingerprint density at radius 3 is 2.59 bits per heavy atom. The summed E-state index contributed by atoms with van der Waals surface area (Å²) in [5.41, 5.74) is 1.04. The minimum absolute atomic E-state index is 0.0734. The van der Waals surface area contributed by atoms with E-state index in [1.54, 1.807) is 18.1 Å². The summed E-state index contributed by atoms with van der Waals surface area (Å²) < 4.78 is 3.16. The van der Waals surface area contributed by atoms with E-state index in [-0.39, 0.29) is 24.6 Å². The first-order valence-electron chi connectivity index (χ1n) is 7.02. The molecule has 8 heteroatoms. The molecule has 2 rings (SSSR count). The minimum atomic E-state index is -1.05. The van der Waals surface area contributed by atoms with Crippen molar-refractivity contribution in [3.8, 4) is 0 Å². The van der Waals surface area contributed by atoms with E-state index >= 15 is 0 Å². The zero-order valence-electron chi connectivity index (χ0n) is 12.6. The molecule has 0 aliphatic carbocycles. The molecule has 0 aliphatic heterocycles. The molecule has 1 amide bonds. The fourth-order valence-electron chi connectivity index (χ4n) is 2.20. The molecule has 8 nitrogen and oxygen atoms in total. The van der Waals surface area contributed by atoms with Crippen LogP contribution in [0.4, 0.5) is 0 Å². The molecule has 0 spiro atoms. The molecule has 22 heavy (non-hydrogen) atoms. The number of hydrogen-bond acceptors (Lipinski definition) is 4. The van der Waals surface area contributed by atoms with E-state index in [4.69, 9.17) is 5.11 Å². The monoisotopic (exact) mass is 305 g/mol. The number of carbonyl (C=O) groups is 2. The van der Waals surface area contributed by atoms with E-state index in [0.717, 1.165) is 12.2 Å². The summed E-state index contributed by atoms with van der Waals surface area (Å²) >= 11 is 0. The second kappa shape index (κ2) is 6.88. The first-order chi connectivity index (χ1) is 10.5. The van der Waals surface area contributed by atoms with Gasteiger partial charge in [0.25, 0.3) is 0 Å². The molecule has 0 fully saturated rings. The molecule has 0 bridgehead atoms. The van der Waals surface area contributed by atoms with Gasteiger partial charge in [-0.3, -0.25) is 14.2 Å². The Morgan fingerprint density at radius 1 is 1.23 bits per heavy atom. The van der Waals surface area contributed by atoms with Gasteiger partial charge in [-0.25, -0.2) is 4.79 Å². The van der Waals surface area contributed by atoms with Crippen molar-refractivity contribution in [2.75, 3.05) is 7.05 Å². The molecule has 118 valence electrons. The Hall–Kier alpha value is -2.64. The number of aromatic carboxylic acids is 1. The number of rotatable bonds is 7. The first kappa shape index (κ1) is 15.7. The number of aryl methyl sites for hydroxylation is 2. The quantitative estimate of drug-likeness (QED) is 0.818. The average molecular weight is 305 g/mol. The van der Waals surface area contributed by atoms with Gasteiger partial charge in [-0.05, 0) is 19.1 Å². The smallest absolute Gasteiger partial charge is 0.354 e. The third-order valence-corrected chi connectivity index (χ3v) is 3.40. The van der Waals surface area contributed by atoms with Gasteiger partial charge in [0, 0.05) is 32.4 Å². The fraction of sp³-hybridized carbons (Fsp3) is 0.429. The second-order valence-corrected chi connectivity index (χ2v) is 4.88. The molecule has 1 N–H and O–H groups in total. The highest BCUT2D eigenvalue weighted by Crippen LogP contribution is 2.06. The Labute approximate surface area is 127 Å². The number of hydrogen-bond donors (Lipinski definition) is 1. The van der Waals surface area contributed by atoms with Gasteiger partial charge in [0.15, 0.2) is 0 Å². The largest absolute Gasteiger partial charge is 0.477 e. The van der Waals surface area contributed by atoms with Gasteiger partial charge < -0.3 is 10.0 Å². The minimum Gasteiger partial charge on any atom is -0.477 e. The SMILES string of the molecule is CCn1nccc1CN(C)C(=O)CCn1nccc1C(=O)O. The number of carboxylic acids is 1. The van der Waals surface area contributed by atoms with Crippen molar-refractivity contribution in [2.45, 2.75) is 33.0 Å². The molecule has 0 radical (unpaired) electrons. The zero-order valence-corrected chi connectivity index (χ0v) is 12.6. The van der Waals surface area contributed by atoms with Crippen molar-refractivity contribution < 1.29 is 14.7 Å². The number of nitrogens with zero attached hydrogens (tertiary/aromatic N) is 5. The third-order valence-electron chi connectivity index (χ3n) is 3.40. The van der Waals surface area contributed by atoms with Crippen LogP contribution in [0.1, 0.15) is 29.5 Å². The topological polar surface area (TPSA) is 93.3 Å². The maximum absolute atomic E-state index is 12.2. The summed E-state index contributed by atoms with van der Waals surface area (Å²) in [5, 5.41) is 17.1. The second-order valence-electron chi connectivity index (χ2n) is 4.88. The summed E-state index contributed by atoms with van der Waals surface area (Å²) in [4.78, 5) is 24.7. The highest BCUT2D eigenvalue weighted by atomic mass is 16.4. The molecular formula is C14H19N5O3. The molecule has 2 heterocycles. The van der Waals surface area contributed by atoms with Crippen molar-refractivity contribution >= 4 is 11.9 Å². The van der Waals surface area contributed by atoms with E-state index in [2.05, 4.69) is 10.2 Å². The van der Waals surface area contributed by atoms with Crippen molar-refractivity contribution in [3.63, 3.8) is 0 Å². The molecule has 0 saturated heterocycles. The highest BCUT2D eigenvalue weighted by Gasteiger charge is 2.14. The maximum Gasteiger partial charge on any atom is 0.354 e. The predicted octanol–water partition coefficient (Wildman–Crippen LogP) is 0.846. The summed E-state index contributed by atoms with van der Waals surface area (Å²) in [6, 6.07) is 3.29. The predicted molar refractivity (Wildman–Crippen MR) is 78.2 cm³/mol. The van der Waals surface area contributed by atoms with Crippen molar-refractivity contribution in [1.29, 1.82) is 0 Å². The van der Waals surface area contributed by atoms with Crippen LogP contribution in [0.3, 0.4) is 0 Å². The van der Waals surface area contributed by atoms with E-state index in [9.17, 15) is 9.59 Å². The van der Waals surface area contributed by atoms with Crippen LogP contribution in [-0.2, 0) is 24.4 Å². The van der Waals surface area contributed by atoms with E-state index in [0.29, 0.717) is 6.54 Å². The first-order valence-corrected chi connectivity index (χ1v) is 7.02. The zero-order chi connectivity index (χ0) is 16.1. The van der Waals surface area contributed by atoms with Gasteiger partial charge in [0.2, 0.25) is 5.91 Å². The standard InChI is InChI=1S/C14H19N5O3/c1-3-18-11(4-7-15-18)10-17(2)13(20)6-9-19-12(14(21)22)5-8-16-19/h4-5,7-8H,3,6,9-10H2,1-2H3,(H,21,22). The third kappa shape index (κ3) is 3.51. The maximum atomic E-state index is 12.2. The average Bonchev–Trinajstić information content (AvgIpc) is 3.12. The highest BCUT2D eigenvalue weighted by molar-refractivity contribution is 5.85. The van der Waals surface area contributed by atoms with Gasteiger partial charge in [-0.2, -0.15) is 10.2 Å². The Morgan fingerprint density at radius 2 is 1.91 bits per heavy atom. The van der Waals surface area contributed by atoms with Gasteiger partial charge in [0.1, 0.15) is 5.69 Å². The lowest BCUT2D eigenvalue weighted by Gasteiger charge is -2.18. The molecule has 0 unspecified atom stereocenters. The molecule has 0 saturated carbocycles. The summed E-state index contributed by atoms with van der Waals surface area (Å²) in [7, 11) is 1.72. The van der Waals surface area contributed by atoms with E-state index in [1.165, 1.54) is 16.9 Å². The number of carboxylic acid groups (broad SMARTS) is 1. The van der Waals surface area contributed by atoms with Crippen LogP contribution in [0.5, 0.6) is 0 Å². The Kier molecular flexibility index (Phi) is 4.92. The lowest BCUT2D eigenvalue weighted by Crippen LogP contribution is -2.28. The van der Waals surface area contributed by atoms with Gasteiger partial charge >= 0.3 is 5.97 Å². The van der Waals surface area contributed by atoms with Crippen LogP contribution < -0.4 is 0 Å². The van der Waals surface area contributed by atoms with Gasteiger partial charge in [0.05, 0.1) is 18.8 Å². The summed E-state index contributed by atoms with van der Waals surface area (Å²) in [6.07, 6.45) is 3.32. The summed E-state index contributed by atoms with van der Waals surface area (Å²) in [6.45, 7) is 3.45. The van der Waals surface area contributed by atoms with E-state index < -0.39 is 5.97 Å². The molecule has 0 atom stereocenters. The van der Waals surface area contributed by atoms with Gasteiger partial charge in [-0.15, -0.1) is 0 Å². The normalized spacial score (nSPS) is 10.6. The van der Waals surface area contributed by atoms with E-state index in [1.807, 2.05) is 17.7 Å².